The van der Waals surface area contributed by atoms with Crippen LogP contribution in [-0.4, -0.2) is 18.5 Å². The molecule has 0 aliphatic heterocycles. The Morgan fingerprint density at radius 1 is 1.24 bits per heavy atom. The van der Waals surface area contributed by atoms with E-state index in [-0.39, 0.29) is 5.91 Å². The smallest absolute Gasteiger partial charge is 0.238 e. The van der Waals surface area contributed by atoms with Crippen LogP contribution in [0.15, 0.2) is 24.3 Å². The highest BCUT2D eigenvalue weighted by Crippen LogP contribution is 2.09. The molecule has 0 saturated carbocycles. The van der Waals surface area contributed by atoms with Crippen LogP contribution in [0.3, 0.4) is 0 Å². The van der Waals surface area contributed by atoms with Crippen molar-refractivity contribution < 1.29 is 4.79 Å². The molecule has 0 aliphatic carbocycles. The molecule has 1 aromatic carbocycles. The van der Waals surface area contributed by atoms with Crippen LogP contribution in [0.25, 0.3) is 0 Å². The molecular formula is C14H22N2O. The van der Waals surface area contributed by atoms with Gasteiger partial charge in [0.15, 0.2) is 0 Å². The maximum atomic E-state index is 11.6. The average Bonchev–Trinajstić information content (AvgIpc) is 2.36. The first-order valence-corrected chi connectivity index (χ1v) is 6.27. The topological polar surface area (TPSA) is 41.1 Å². The third-order valence-electron chi connectivity index (χ3n) is 2.87. The van der Waals surface area contributed by atoms with Gasteiger partial charge in [-0.05, 0) is 37.5 Å². The van der Waals surface area contributed by atoms with Gasteiger partial charge < -0.3 is 10.6 Å². The first-order chi connectivity index (χ1) is 8.15. The maximum Gasteiger partial charge on any atom is 0.238 e. The van der Waals surface area contributed by atoms with Gasteiger partial charge in [0, 0.05) is 11.7 Å². The van der Waals surface area contributed by atoms with E-state index in [4.69, 9.17) is 0 Å². The normalized spacial score (nSPS) is 12.2. The van der Waals surface area contributed by atoms with Gasteiger partial charge in [0.2, 0.25) is 5.91 Å². The van der Waals surface area contributed by atoms with E-state index in [2.05, 4.69) is 31.4 Å². The lowest BCUT2D eigenvalue weighted by atomic mass is 10.1. The van der Waals surface area contributed by atoms with E-state index in [9.17, 15) is 4.79 Å². The second kappa shape index (κ2) is 7.07. The SMILES string of the molecule is CCc1ccc(NC(=O)CNC(C)CC)cc1. The van der Waals surface area contributed by atoms with Gasteiger partial charge in [0.05, 0.1) is 6.54 Å². The predicted molar refractivity (Wildman–Crippen MR) is 72.2 cm³/mol. The third kappa shape index (κ3) is 5.00. The van der Waals surface area contributed by atoms with E-state index < -0.39 is 0 Å². The molecule has 1 aromatic rings. The Morgan fingerprint density at radius 3 is 2.41 bits per heavy atom. The molecule has 0 saturated heterocycles. The molecule has 0 radical (unpaired) electrons. The van der Waals surface area contributed by atoms with Gasteiger partial charge in [-0.1, -0.05) is 26.0 Å². The van der Waals surface area contributed by atoms with Crippen LogP contribution in [-0.2, 0) is 11.2 Å². The molecule has 1 rings (SSSR count). The van der Waals surface area contributed by atoms with Gasteiger partial charge >= 0.3 is 0 Å². The number of amides is 1. The average molecular weight is 234 g/mol. The van der Waals surface area contributed by atoms with Crippen molar-refractivity contribution in [1.29, 1.82) is 0 Å². The Hall–Kier alpha value is -1.35. The van der Waals surface area contributed by atoms with Crippen molar-refractivity contribution >= 4 is 11.6 Å². The van der Waals surface area contributed by atoms with Crippen LogP contribution in [0.5, 0.6) is 0 Å². The summed E-state index contributed by atoms with van der Waals surface area (Å²) in [6.07, 6.45) is 2.04. The first-order valence-electron chi connectivity index (χ1n) is 6.27. The lowest BCUT2D eigenvalue weighted by Gasteiger charge is -2.11. The zero-order chi connectivity index (χ0) is 12.7. The minimum absolute atomic E-state index is 0.00884. The molecular weight excluding hydrogens is 212 g/mol. The number of anilines is 1. The summed E-state index contributed by atoms with van der Waals surface area (Å²) in [5.74, 6) is 0.00884. The molecule has 1 unspecified atom stereocenters. The Morgan fingerprint density at radius 2 is 1.88 bits per heavy atom. The fourth-order valence-electron chi connectivity index (χ4n) is 1.44. The molecule has 1 atom stereocenters. The Bertz CT molecular complexity index is 346. The number of aryl methyl sites for hydroxylation is 1. The highest BCUT2D eigenvalue weighted by Gasteiger charge is 2.04. The number of hydrogen-bond acceptors (Lipinski definition) is 2. The molecule has 0 bridgehead atoms. The van der Waals surface area contributed by atoms with Gasteiger partial charge in [0.1, 0.15) is 0 Å². The van der Waals surface area contributed by atoms with E-state index in [1.165, 1.54) is 5.56 Å². The van der Waals surface area contributed by atoms with Crippen molar-refractivity contribution in [3.05, 3.63) is 29.8 Å². The molecule has 0 heterocycles. The maximum absolute atomic E-state index is 11.6. The fourth-order valence-corrected chi connectivity index (χ4v) is 1.44. The zero-order valence-electron chi connectivity index (χ0n) is 10.9. The van der Waals surface area contributed by atoms with Gasteiger partial charge in [-0.3, -0.25) is 4.79 Å². The summed E-state index contributed by atoms with van der Waals surface area (Å²) in [6.45, 7) is 6.65. The summed E-state index contributed by atoms with van der Waals surface area (Å²) in [6, 6.07) is 8.35. The standard InChI is InChI=1S/C14H22N2O/c1-4-11(3)15-10-14(17)16-13-8-6-12(5-2)7-9-13/h6-9,11,15H,4-5,10H2,1-3H3,(H,16,17). The van der Waals surface area contributed by atoms with Crippen molar-refractivity contribution in [1.82, 2.24) is 5.32 Å². The largest absolute Gasteiger partial charge is 0.325 e. The van der Waals surface area contributed by atoms with Crippen LogP contribution in [0.4, 0.5) is 5.69 Å². The highest BCUT2D eigenvalue weighted by atomic mass is 16.1. The van der Waals surface area contributed by atoms with Gasteiger partial charge in [0.25, 0.3) is 0 Å². The molecule has 0 spiro atoms. The monoisotopic (exact) mass is 234 g/mol. The molecule has 2 N–H and O–H groups in total. The second-order valence-electron chi connectivity index (χ2n) is 4.29. The molecule has 0 aromatic heterocycles. The van der Waals surface area contributed by atoms with Crippen LogP contribution in [0.1, 0.15) is 32.8 Å². The molecule has 3 heteroatoms. The fraction of sp³-hybridized carbons (Fsp3) is 0.500. The van der Waals surface area contributed by atoms with Gasteiger partial charge in [-0.25, -0.2) is 0 Å². The first kappa shape index (κ1) is 13.7. The van der Waals surface area contributed by atoms with Gasteiger partial charge in [-0.15, -0.1) is 0 Å². The number of benzene rings is 1. The van der Waals surface area contributed by atoms with Crippen molar-refractivity contribution in [3.63, 3.8) is 0 Å². The lowest BCUT2D eigenvalue weighted by Crippen LogP contribution is -2.33. The predicted octanol–water partition coefficient (Wildman–Crippen LogP) is 2.58. The summed E-state index contributed by atoms with van der Waals surface area (Å²) < 4.78 is 0. The molecule has 1 amide bonds. The molecule has 94 valence electrons. The van der Waals surface area contributed by atoms with Crippen LogP contribution in [0, 0.1) is 0 Å². The lowest BCUT2D eigenvalue weighted by molar-refractivity contribution is -0.115. The summed E-state index contributed by atoms with van der Waals surface area (Å²) in [4.78, 5) is 11.6. The Kier molecular flexibility index (Phi) is 5.70. The highest BCUT2D eigenvalue weighted by molar-refractivity contribution is 5.92. The van der Waals surface area contributed by atoms with E-state index in [0.29, 0.717) is 12.6 Å². The molecule has 17 heavy (non-hydrogen) atoms. The molecule has 0 fully saturated rings. The number of rotatable bonds is 6. The van der Waals surface area contributed by atoms with Crippen LogP contribution >= 0.6 is 0 Å². The van der Waals surface area contributed by atoms with Crippen LogP contribution in [0.2, 0.25) is 0 Å². The van der Waals surface area contributed by atoms with Crippen molar-refractivity contribution in [2.75, 3.05) is 11.9 Å². The zero-order valence-corrected chi connectivity index (χ0v) is 10.9. The number of hydrogen-bond donors (Lipinski definition) is 2. The third-order valence-corrected chi connectivity index (χ3v) is 2.87. The quantitative estimate of drug-likeness (QED) is 0.794. The second-order valence-corrected chi connectivity index (χ2v) is 4.29. The molecule has 0 aliphatic rings. The van der Waals surface area contributed by atoms with Crippen molar-refractivity contribution in [2.45, 2.75) is 39.7 Å². The van der Waals surface area contributed by atoms with Crippen molar-refractivity contribution in [2.24, 2.45) is 0 Å². The van der Waals surface area contributed by atoms with Gasteiger partial charge in [-0.2, -0.15) is 0 Å². The minimum Gasteiger partial charge on any atom is -0.325 e. The number of carbonyl (C=O) groups is 1. The number of nitrogens with one attached hydrogen (secondary N) is 2. The van der Waals surface area contributed by atoms with E-state index in [1.54, 1.807) is 0 Å². The summed E-state index contributed by atoms with van der Waals surface area (Å²) in [5.41, 5.74) is 2.14. The van der Waals surface area contributed by atoms with E-state index >= 15 is 0 Å². The summed E-state index contributed by atoms with van der Waals surface area (Å²) in [5, 5.41) is 6.03. The van der Waals surface area contributed by atoms with E-state index in [0.717, 1.165) is 18.5 Å². The minimum atomic E-state index is 0.00884. The molecule has 3 nitrogen and oxygen atoms in total. The summed E-state index contributed by atoms with van der Waals surface area (Å²) in [7, 11) is 0. The van der Waals surface area contributed by atoms with Crippen LogP contribution < -0.4 is 10.6 Å². The van der Waals surface area contributed by atoms with E-state index in [1.807, 2.05) is 24.3 Å². The Labute approximate surface area is 104 Å². The summed E-state index contributed by atoms with van der Waals surface area (Å²) >= 11 is 0. The number of carbonyl (C=O) groups excluding carboxylic acids is 1. The van der Waals surface area contributed by atoms with Crippen molar-refractivity contribution in [3.8, 4) is 0 Å². The Balaban J connectivity index is 2.39.